The lowest BCUT2D eigenvalue weighted by Crippen LogP contribution is -2.48. The number of hydrogen-bond acceptors (Lipinski definition) is 5. The molecule has 2 aliphatic heterocycles. The van der Waals surface area contributed by atoms with Crippen molar-refractivity contribution in [2.75, 3.05) is 11.5 Å². The van der Waals surface area contributed by atoms with E-state index in [0.717, 1.165) is 0 Å². The topological polar surface area (TPSA) is 63.7 Å². The second-order valence-corrected chi connectivity index (χ2v) is 10.6. The minimum atomic E-state index is -1.64. The van der Waals surface area contributed by atoms with Crippen molar-refractivity contribution in [1.82, 2.24) is 0 Å². The number of ketones is 3. The highest BCUT2D eigenvalue weighted by atomic mass is 19.1. The number of carbonyl (C=O) groups excluding carboxylic acids is 3. The van der Waals surface area contributed by atoms with Crippen LogP contribution < -0.4 is 9.64 Å². The smallest absolute Gasteiger partial charge is 0.185 e. The van der Waals surface area contributed by atoms with Gasteiger partial charge in [-0.25, -0.2) is 4.39 Å². The third-order valence-corrected chi connectivity index (χ3v) is 8.65. The lowest BCUT2D eigenvalue weighted by Gasteiger charge is -2.37. The molecular formula is C35H26FNO4. The molecule has 1 aliphatic carbocycles. The predicted molar refractivity (Wildman–Crippen MR) is 154 cm³/mol. The van der Waals surface area contributed by atoms with E-state index in [1.54, 1.807) is 66.7 Å². The molecule has 2 heterocycles. The quantitative estimate of drug-likeness (QED) is 0.211. The van der Waals surface area contributed by atoms with Gasteiger partial charge in [0.15, 0.2) is 17.3 Å². The summed E-state index contributed by atoms with van der Waals surface area (Å²) in [7, 11) is 0. The highest BCUT2D eigenvalue weighted by Gasteiger charge is 2.71. The molecule has 0 N–H and O–H groups in total. The number of carbonyl (C=O) groups is 3. The summed E-state index contributed by atoms with van der Waals surface area (Å²) in [5.74, 6) is -1.65. The van der Waals surface area contributed by atoms with Crippen LogP contribution in [0.2, 0.25) is 0 Å². The van der Waals surface area contributed by atoms with Gasteiger partial charge in [-0.15, -0.1) is 0 Å². The number of halogens is 1. The molecule has 0 saturated carbocycles. The lowest BCUT2D eigenvalue weighted by molar-refractivity contribution is 0.0664. The minimum absolute atomic E-state index is 0.231. The van der Waals surface area contributed by atoms with Crippen LogP contribution in [-0.2, 0) is 0 Å². The summed E-state index contributed by atoms with van der Waals surface area (Å²) in [5.41, 5.74) is 1.31. The van der Waals surface area contributed by atoms with E-state index in [1.165, 1.54) is 12.1 Å². The molecule has 202 valence electrons. The number of nitrogens with zero attached hydrogens (tertiary/aromatic N) is 1. The molecule has 0 bridgehead atoms. The van der Waals surface area contributed by atoms with Crippen molar-refractivity contribution in [3.63, 3.8) is 0 Å². The number of ether oxygens (including phenoxy) is 1. The van der Waals surface area contributed by atoms with E-state index in [1.807, 2.05) is 42.2 Å². The number of anilines is 1. The average Bonchev–Trinajstić information content (AvgIpc) is 3.43. The Balaban J connectivity index is 1.57. The molecule has 7 rings (SSSR count). The average molecular weight is 544 g/mol. The van der Waals surface area contributed by atoms with Crippen LogP contribution in [0.3, 0.4) is 0 Å². The van der Waals surface area contributed by atoms with E-state index in [4.69, 9.17) is 4.74 Å². The Labute approximate surface area is 236 Å². The molecule has 0 radical (unpaired) electrons. The monoisotopic (exact) mass is 543 g/mol. The Morgan fingerprint density at radius 1 is 0.878 bits per heavy atom. The SMILES string of the molecule is CCOc1ccccc1[C@H]1[C@H](C(=O)c2ccccc2)N2c3ccc(F)cc3C=CC2C12C(=O)c1ccccc1C2=O. The minimum Gasteiger partial charge on any atom is -0.494 e. The molecule has 0 aromatic heterocycles. The number of fused-ring (bicyclic) bond motifs is 5. The van der Waals surface area contributed by atoms with Gasteiger partial charge in [-0.1, -0.05) is 84.9 Å². The first kappa shape index (κ1) is 25.1. The van der Waals surface area contributed by atoms with Gasteiger partial charge >= 0.3 is 0 Å². The fourth-order valence-corrected chi connectivity index (χ4v) is 7.09. The summed E-state index contributed by atoms with van der Waals surface area (Å²) in [6.45, 7) is 2.23. The number of Topliss-reactive ketones (excluding diaryl/α,β-unsaturated/α-hetero) is 3. The third-order valence-electron chi connectivity index (χ3n) is 8.65. The summed E-state index contributed by atoms with van der Waals surface area (Å²) in [4.78, 5) is 46.0. The van der Waals surface area contributed by atoms with Crippen LogP contribution in [0.25, 0.3) is 6.08 Å². The first-order valence-electron chi connectivity index (χ1n) is 13.7. The Morgan fingerprint density at radius 2 is 1.54 bits per heavy atom. The number of rotatable bonds is 5. The van der Waals surface area contributed by atoms with Gasteiger partial charge in [-0.2, -0.15) is 0 Å². The van der Waals surface area contributed by atoms with Gasteiger partial charge in [-0.3, -0.25) is 14.4 Å². The second kappa shape index (κ2) is 9.37. The molecule has 6 heteroatoms. The van der Waals surface area contributed by atoms with Gasteiger partial charge in [0.05, 0.1) is 12.6 Å². The van der Waals surface area contributed by atoms with Gasteiger partial charge in [0.1, 0.15) is 23.0 Å². The molecule has 1 saturated heterocycles. The second-order valence-electron chi connectivity index (χ2n) is 10.6. The van der Waals surface area contributed by atoms with Crippen molar-refractivity contribution in [3.8, 4) is 5.75 Å². The highest BCUT2D eigenvalue weighted by Crippen LogP contribution is 2.62. The molecule has 3 aliphatic rings. The van der Waals surface area contributed by atoms with Crippen molar-refractivity contribution >= 4 is 29.1 Å². The van der Waals surface area contributed by atoms with Gasteiger partial charge in [0.2, 0.25) is 0 Å². The van der Waals surface area contributed by atoms with Crippen LogP contribution in [0.4, 0.5) is 10.1 Å². The largest absolute Gasteiger partial charge is 0.494 e. The maximum absolute atomic E-state index is 14.7. The van der Waals surface area contributed by atoms with Crippen LogP contribution in [0, 0.1) is 11.2 Å². The molecule has 0 amide bonds. The Kier molecular flexibility index (Phi) is 5.75. The van der Waals surface area contributed by atoms with Crippen molar-refractivity contribution in [3.05, 3.63) is 137 Å². The van der Waals surface area contributed by atoms with Crippen LogP contribution in [-0.4, -0.2) is 36.0 Å². The molecule has 4 aromatic carbocycles. The van der Waals surface area contributed by atoms with Crippen molar-refractivity contribution in [2.24, 2.45) is 5.41 Å². The Bertz CT molecular complexity index is 1730. The van der Waals surface area contributed by atoms with Gasteiger partial charge < -0.3 is 9.64 Å². The van der Waals surface area contributed by atoms with Crippen molar-refractivity contribution in [2.45, 2.75) is 24.9 Å². The third kappa shape index (κ3) is 3.43. The Morgan fingerprint density at radius 3 is 2.24 bits per heavy atom. The molecule has 1 spiro atoms. The summed E-state index contributed by atoms with van der Waals surface area (Å²) >= 11 is 0. The zero-order valence-electron chi connectivity index (χ0n) is 22.3. The predicted octanol–water partition coefficient (Wildman–Crippen LogP) is 6.54. The standard InChI is InChI=1S/C35H26FNO4/c1-2-41-28-15-9-8-14-26(28)30-31(32(38)21-10-4-3-5-11-21)37-27-18-17-23(36)20-22(27)16-19-29(37)35(30)33(39)24-12-6-7-13-25(24)34(35)40/h3-20,29-31H,2H2,1H3/t29?,30-,31+/m0/s1. The van der Waals surface area contributed by atoms with E-state index >= 15 is 0 Å². The first-order valence-corrected chi connectivity index (χ1v) is 13.7. The van der Waals surface area contributed by atoms with Crippen LogP contribution >= 0.6 is 0 Å². The fraction of sp³-hybridized carbons (Fsp3) is 0.171. The normalized spacial score (nSPS) is 21.5. The van der Waals surface area contributed by atoms with E-state index in [0.29, 0.717) is 45.9 Å². The zero-order valence-corrected chi connectivity index (χ0v) is 22.3. The van der Waals surface area contributed by atoms with E-state index in [2.05, 4.69) is 0 Å². The summed E-state index contributed by atoms with van der Waals surface area (Å²) in [6, 6.07) is 25.7. The lowest BCUT2D eigenvalue weighted by atomic mass is 9.64. The molecule has 1 fully saturated rings. The number of para-hydroxylation sites is 1. The van der Waals surface area contributed by atoms with Crippen LogP contribution in [0.1, 0.15) is 55.0 Å². The van der Waals surface area contributed by atoms with E-state index < -0.39 is 29.2 Å². The van der Waals surface area contributed by atoms with Gasteiger partial charge in [0.25, 0.3) is 0 Å². The Hall–Kier alpha value is -4.84. The van der Waals surface area contributed by atoms with Gasteiger partial charge in [-0.05, 0) is 31.2 Å². The number of benzene rings is 4. The molecule has 4 aromatic rings. The van der Waals surface area contributed by atoms with Crippen molar-refractivity contribution in [1.29, 1.82) is 0 Å². The summed E-state index contributed by atoms with van der Waals surface area (Å²) in [5, 5.41) is 0. The zero-order chi connectivity index (χ0) is 28.3. The maximum atomic E-state index is 14.7. The fourth-order valence-electron chi connectivity index (χ4n) is 7.09. The van der Waals surface area contributed by atoms with Gasteiger partial charge in [0, 0.05) is 39.4 Å². The van der Waals surface area contributed by atoms with Crippen LogP contribution in [0.15, 0.2) is 103 Å². The first-order chi connectivity index (χ1) is 20.0. The summed E-state index contributed by atoms with van der Waals surface area (Å²) in [6.07, 6.45) is 3.55. The molecular weight excluding hydrogens is 517 g/mol. The van der Waals surface area contributed by atoms with E-state index in [9.17, 15) is 18.8 Å². The molecule has 41 heavy (non-hydrogen) atoms. The maximum Gasteiger partial charge on any atom is 0.185 e. The van der Waals surface area contributed by atoms with Crippen LogP contribution in [0.5, 0.6) is 5.75 Å². The van der Waals surface area contributed by atoms with E-state index in [-0.39, 0.29) is 17.3 Å². The molecule has 5 nitrogen and oxygen atoms in total. The highest BCUT2D eigenvalue weighted by molar-refractivity contribution is 6.32. The molecule has 3 atom stereocenters. The molecule has 1 unspecified atom stereocenters. The summed E-state index contributed by atoms with van der Waals surface area (Å²) < 4.78 is 20.4. The van der Waals surface area contributed by atoms with Crippen molar-refractivity contribution < 1.29 is 23.5 Å². The number of hydrogen-bond donors (Lipinski definition) is 0.